The molecule has 2 N–H and O–H groups in total. The number of carbonyl (C=O) groups is 1. The van der Waals surface area contributed by atoms with Crippen LogP contribution in [0.5, 0.6) is 0 Å². The number of nitrogens with two attached hydrogens (primary N) is 1. The lowest BCUT2D eigenvalue weighted by Gasteiger charge is -2.37. The van der Waals surface area contributed by atoms with Crippen molar-refractivity contribution < 1.29 is 4.79 Å². The third-order valence-corrected chi connectivity index (χ3v) is 4.75. The highest BCUT2D eigenvalue weighted by atomic mass is 16.2. The maximum atomic E-state index is 12.7. The number of hydrogen-bond acceptors (Lipinski definition) is 2. The Balaban J connectivity index is 1.84. The molecule has 19 heavy (non-hydrogen) atoms. The zero-order valence-electron chi connectivity index (χ0n) is 11.6. The molecule has 1 amide bonds. The van der Waals surface area contributed by atoms with Crippen LogP contribution in [0.2, 0.25) is 0 Å². The number of amides is 1. The summed E-state index contributed by atoms with van der Waals surface area (Å²) >= 11 is 0. The Hall–Kier alpha value is -1.51. The SMILES string of the molecule is Cc1ccc(N)cc1C(=O)N1CCCC1C1CCC1. The summed E-state index contributed by atoms with van der Waals surface area (Å²) in [6.45, 7) is 2.90. The maximum Gasteiger partial charge on any atom is 0.254 e. The zero-order valence-corrected chi connectivity index (χ0v) is 11.6. The van der Waals surface area contributed by atoms with E-state index in [0.29, 0.717) is 11.7 Å². The Kier molecular flexibility index (Phi) is 3.21. The molecule has 3 rings (SSSR count). The Morgan fingerprint density at radius 2 is 2.05 bits per heavy atom. The van der Waals surface area contributed by atoms with E-state index >= 15 is 0 Å². The number of nitrogens with zero attached hydrogens (tertiary/aromatic N) is 1. The summed E-state index contributed by atoms with van der Waals surface area (Å²) in [6.07, 6.45) is 6.25. The average molecular weight is 258 g/mol. The van der Waals surface area contributed by atoms with Gasteiger partial charge in [-0.1, -0.05) is 12.5 Å². The fraction of sp³-hybridized carbons (Fsp3) is 0.562. The maximum absolute atomic E-state index is 12.7. The minimum Gasteiger partial charge on any atom is -0.399 e. The first kappa shape index (κ1) is 12.5. The summed E-state index contributed by atoms with van der Waals surface area (Å²) in [5.41, 5.74) is 8.31. The van der Waals surface area contributed by atoms with Gasteiger partial charge in [-0.25, -0.2) is 0 Å². The molecule has 1 aliphatic carbocycles. The van der Waals surface area contributed by atoms with E-state index in [1.165, 1.54) is 25.7 Å². The highest BCUT2D eigenvalue weighted by Crippen LogP contribution is 2.37. The van der Waals surface area contributed by atoms with Crippen molar-refractivity contribution in [2.24, 2.45) is 5.92 Å². The van der Waals surface area contributed by atoms with Gasteiger partial charge in [0.15, 0.2) is 0 Å². The van der Waals surface area contributed by atoms with Crippen LogP contribution in [-0.4, -0.2) is 23.4 Å². The molecule has 1 aromatic carbocycles. The van der Waals surface area contributed by atoms with Crippen molar-refractivity contribution in [1.29, 1.82) is 0 Å². The molecule has 0 spiro atoms. The van der Waals surface area contributed by atoms with Gasteiger partial charge in [-0.15, -0.1) is 0 Å². The standard InChI is InChI=1S/C16H22N2O/c1-11-7-8-13(17)10-14(11)16(19)18-9-3-6-15(18)12-4-2-5-12/h7-8,10,12,15H,2-6,9,17H2,1H3. The number of anilines is 1. The second-order valence-electron chi connectivity index (χ2n) is 5.97. The Bertz CT molecular complexity index is 494. The van der Waals surface area contributed by atoms with Gasteiger partial charge in [0.25, 0.3) is 5.91 Å². The van der Waals surface area contributed by atoms with E-state index in [1.807, 2.05) is 25.1 Å². The first-order valence-corrected chi connectivity index (χ1v) is 7.34. The van der Waals surface area contributed by atoms with Crippen LogP contribution >= 0.6 is 0 Å². The quantitative estimate of drug-likeness (QED) is 0.829. The van der Waals surface area contributed by atoms with Crippen LogP contribution in [0.1, 0.15) is 48.0 Å². The molecule has 1 aliphatic heterocycles. The van der Waals surface area contributed by atoms with Crippen LogP contribution in [-0.2, 0) is 0 Å². The van der Waals surface area contributed by atoms with Crippen molar-refractivity contribution in [3.63, 3.8) is 0 Å². The van der Waals surface area contributed by atoms with Crippen molar-refractivity contribution >= 4 is 11.6 Å². The van der Waals surface area contributed by atoms with E-state index in [0.717, 1.165) is 30.0 Å². The molecule has 1 saturated carbocycles. The van der Waals surface area contributed by atoms with E-state index in [-0.39, 0.29) is 5.91 Å². The second-order valence-corrected chi connectivity index (χ2v) is 5.97. The second kappa shape index (κ2) is 4.87. The third-order valence-electron chi connectivity index (χ3n) is 4.75. The molecule has 3 heteroatoms. The van der Waals surface area contributed by atoms with E-state index in [4.69, 9.17) is 5.73 Å². The molecular formula is C16H22N2O. The number of rotatable bonds is 2. The van der Waals surface area contributed by atoms with Crippen LogP contribution < -0.4 is 5.73 Å². The lowest BCUT2D eigenvalue weighted by Crippen LogP contribution is -2.42. The first-order chi connectivity index (χ1) is 9.16. The molecule has 1 saturated heterocycles. The van der Waals surface area contributed by atoms with Gasteiger partial charge >= 0.3 is 0 Å². The summed E-state index contributed by atoms with van der Waals surface area (Å²) in [5, 5.41) is 0. The average Bonchev–Trinajstić information content (AvgIpc) is 2.78. The van der Waals surface area contributed by atoms with Crippen LogP contribution in [0, 0.1) is 12.8 Å². The molecule has 0 aromatic heterocycles. The molecule has 2 aliphatic rings. The van der Waals surface area contributed by atoms with Gasteiger partial charge in [-0.2, -0.15) is 0 Å². The Labute approximate surface area is 114 Å². The van der Waals surface area contributed by atoms with Crippen molar-refractivity contribution in [2.45, 2.75) is 45.1 Å². The molecule has 0 bridgehead atoms. The summed E-state index contributed by atoms with van der Waals surface area (Å²) in [4.78, 5) is 14.8. The number of likely N-dealkylation sites (tertiary alicyclic amines) is 1. The highest BCUT2D eigenvalue weighted by molar-refractivity contribution is 5.96. The van der Waals surface area contributed by atoms with Crippen molar-refractivity contribution in [3.05, 3.63) is 29.3 Å². The largest absolute Gasteiger partial charge is 0.399 e. The number of nitrogen functional groups attached to an aromatic ring is 1. The fourth-order valence-electron chi connectivity index (χ4n) is 3.38. The van der Waals surface area contributed by atoms with Gasteiger partial charge in [0.1, 0.15) is 0 Å². The zero-order chi connectivity index (χ0) is 13.4. The molecule has 3 nitrogen and oxygen atoms in total. The number of carbonyl (C=O) groups excluding carboxylic acids is 1. The van der Waals surface area contributed by atoms with Crippen LogP contribution in [0.15, 0.2) is 18.2 Å². The van der Waals surface area contributed by atoms with Crippen molar-refractivity contribution in [2.75, 3.05) is 12.3 Å². The van der Waals surface area contributed by atoms with Crippen LogP contribution in [0.25, 0.3) is 0 Å². The minimum absolute atomic E-state index is 0.180. The number of benzene rings is 1. The first-order valence-electron chi connectivity index (χ1n) is 7.34. The smallest absolute Gasteiger partial charge is 0.254 e. The van der Waals surface area contributed by atoms with E-state index in [1.54, 1.807) is 0 Å². The van der Waals surface area contributed by atoms with Crippen LogP contribution in [0.3, 0.4) is 0 Å². The van der Waals surface area contributed by atoms with Crippen molar-refractivity contribution in [1.82, 2.24) is 4.90 Å². The summed E-state index contributed by atoms with van der Waals surface area (Å²) in [5.74, 6) is 0.923. The predicted octanol–water partition coefficient (Wildman–Crippen LogP) is 2.98. The number of hydrogen-bond donors (Lipinski definition) is 1. The Morgan fingerprint density at radius 3 is 2.74 bits per heavy atom. The van der Waals surface area contributed by atoms with E-state index in [2.05, 4.69) is 4.90 Å². The molecule has 1 unspecified atom stereocenters. The van der Waals surface area contributed by atoms with E-state index < -0.39 is 0 Å². The summed E-state index contributed by atoms with van der Waals surface area (Å²) < 4.78 is 0. The van der Waals surface area contributed by atoms with Crippen LogP contribution in [0.4, 0.5) is 5.69 Å². The summed E-state index contributed by atoms with van der Waals surface area (Å²) in [7, 11) is 0. The predicted molar refractivity (Wildman–Crippen MR) is 77.0 cm³/mol. The fourth-order valence-corrected chi connectivity index (χ4v) is 3.38. The normalized spacial score (nSPS) is 23.4. The monoisotopic (exact) mass is 258 g/mol. The van der Waals surface area contributed by atoms with Gasteiger partial charge < -0.3 is 10.6 Å². The van der Waals surface area contributed by atoms with Gasteiger partial charge in [-0.05, 0) is 56.2 Å². The summed E-state index contributed by atoms with van der Waals surface area (Å²) in [6, 6.07) is 6.10. The topological polar surface area (TPSA) is 46.3 Å². The lowest BCUT2D eigenvalue weighted by molar-refractivity contribution is 0.0626. The lowest BCUT2D eigenvalue weighted by atomic mass is 9.78. The van der Waals surface area contributed by atoms with Gasteiger partial charge in [-0.3, -0.25) is 4.79 Å². The highest BCUT2D eigenvalue weighted by Gasteiger charge is 2.37. The van der Waals surface area contributed by atoms with Gasteiger partial charge in [0.05, 0.1) is 0 Å². The molecule has 0 radical (unpaired) electrons. The Morgan fingerprint density at radius 1 is 1.26 bits per heavy atom. The third kappa shape index (κ3) is 2.22. The molecule has 1 atom stereocenters. The van der Waals surface area contributed by atoms with Gasteiger partial charge in [0.2, 0.25) is 0 Å². The van der Waals surface area contributed by atoms with Gasteiger partial charge in [0, 0.05) is 23.8 Å². The molecule has 2 fully saturated rings. The van der Waals surface area contributed by atoms with E-state index in [9.17, 15) is 4.79 Å². The number of aryl methyl sites for hydroxylation is 1. The molecular weight excluding hydrogens is 236 g/mol. The molecule has 102 valence electrons. The molecule has 1 aromatic rings. The minimum atomic E-state index is 0.180. The van der Waals surface area contributed by atoms with Crippen molar-refractivity contribution in [3.8, 4) is 0 Å². The molecule has 1 heterocycles.